The molecule has 0 saturated heterocycles. The van der Waals surface area contributed by atoms with Gasteiger partial charge in [-0.3, -0.25) is 0 Å². The standard InChI is InChI=1S/C15H21O5/c1-9-6-7-12(20-18)11(3)13(9)14(17)19-15(4,5)8-10(2)16/h6-7,10,16H,8H2,1-5H3. The van der Waals surface area contributed by atoms with Crippen molar-refractivity contribution >= 4 is 5.97 Å². The lowest BCUT2D eigenvalue weighted by Crippen LogP contribution is -2.32. The summed E-state index contributed by atoms with van der Waals surface area (Å²) >= 11 is 0. The molecule has 0 saturated carbocycles. The molecule has 1 rings (SSSR count). The molecule has 1 atom stereocenters. The Labute approximate surface area is 119 Å². The van der Waals surface area contributed by atoms with Crippen molar-refractivity contribution in [1.29, 1.82) is 0 Å². The number of ether oxygens (including phenoxy) is 1. The topological polar surface area (TPSA) is 75.7 Å². The van der Waals surface area contributed by atoms with E-state index in [-0.39, 0.29) is 5.75 Å². The van der Waals surface area contributed by atoms with Crippen molar-refractivity contribution in [2.24, 2.45) is 0 Å². The van der Waals surface area contributed by atoms with Gasteiger partial charge in [0, 0.05) is 17.2 Å². The Morgan fingerprint density at radius 1 is 1.35 bits per heavy atom. The molecule has 1 aromatic carbocycles. The minimum Gasteiger partial charge on any atom is -0.456 e. The molecule has 0 aromatic heterocycles. The SMILES string of the molecule is Cc1ccc(O[O])c(C)c1C(=O)OC(C)(C)CC(C)O. The first-order valence-electron chi connectivity index (χ1n) is 6.49. The number of hydrogen-bond acceptors (Lipinski definition) is 4. The van der Waals surface area contributed by atoms with Crippen LogP contribution in [0.4, 0.5) is 0 Å². The largest absolute Gasteiger partial charge is 0.456 e. The molecule has 0 amide bonds. The number of hydrogen-bond donors (Lipinski definition) is 1. The second-order valence-electron chi connectivity index (χ2n) is 5.67. The smallest absolute Gasteiger partial charge is 0.339 e. The maximum absolute atomic E-state index is 12.3. The van der Waals surface area contributed by atoms with Gasteiger partial charge in [0.05, 0.1) is 11.7 Å². The number of carbonyl (C=O) groups excluding carboxylic acids is 1. The van der Waals surface area contributed by atoms with Crippen LogP contribution >= 0.6 is 0 Å². The van der Waals surface area contributed by atoms with Crippen molar-refractivity contribution in [3.8, 4) is 5.75 Å². The summed E-state index contributed by atoms with van der Waals surface area (Å²) in [6, 6.07) is 3.16. The molecular formula is C15H21O5. The molecule has 5 nitrogen and oxygen atoms in total. The molecule has 0 fully saturated rings. The fourth-order valence-corrected chi connectivity index (χ4v) is 2.29. The van der Waals surface area contributed by atoms with E-state index < -0.39 is 17.7 Å². The zero-order chi connectivity index (χ0) is 15.5. The molecule has 0 aliphatic carbocycles. The van der Waals surface area contributed by atoms with Crippen LogP contribution in [-0.2, 0) is 9.99 Å². The minimum atomic E-state index is -0.793. The molecule has 0 spiro atoms. The molecule has 0 heterocycles. The van der Waals surface area contributed by atoms with Crippen LogP contribution in [0.3, 0.4) is 0 Å². The van der Waals surface area contributed by atoms with E-state index in [1.807, 2.05) is 0 Å². The lowest BCUT2D eigenvalue weighted by molar-refractivity contribution is -0.209. The number of benzene rings is 1. The van der Waals surface area contributed by atoms with Gasteiger partial charge in [-0.15, -0.1) is 0 Å². The summed E-state index contributed by atoms with van der Waals surface area (Å²) in [6.45, 7) is 8.50. The first kappa shape index (κ1) is 16.5. The second-order valence-corrected chi connectivity index (χ2v) is 5.67. The van der Waals surface area contributed by atoms with E-state index in [0.717, 1.165) is 0 Å². The van der Waals surface area contributed by atoms with Crippen LogP contribution in [0.15, 0.2) is 12.1 Å². The Bertz CT molecular complexity index is 491. The van der Waals surface area contributed by atoms with Gasteiger partial charge in [0.2, 0.25) is 0 Å². The average Bonchev–Trinajstić information content (AvgIpc) is 2.26. The quantitative estimate of drug-likeness (QED) is 0.511. The maximum atomic E-state index is 12.3. The van der Waals surface area contributed by atoms with Gasteiger partial charge in [-0.05, 0) is 46.2 Å². The molecule has 0 aliphatic heterocycles. The van der Waals surface area contributed by atoms with Gasteiger partial charge >= 0.3 is 5.97 Å². The van der Waals surface area contributed by atoms with Crippen molar-refractivity contribution < 1.29 is 24.8 Å². The molecule has 20 heavy (non-hydrogen) atoms. The third-order valence-corrected chi connectivity index (χ3v) is 3.07. The summed E-state index contributed by atoms with van der Waals surface area (Å²) in [5, 5.41) is 20.0. The van der Waals surface area contributed by atoms with E-state index >= 15 is 0 Å². The van der Waals surface area contributed by atoms with E-state index in [1.54, 1.807) is 40.7 Å². The van der Waals surface area contributed by atoms with E-state index in [9.17, 15) is 15.2 Å². The van der Waals surface area contributed by atoms with Crippen LogP contribution in [0.25, 0.3) is 0 Å². The first-order valence-corrected chi connectivity index (χ1v) is 6.49. The summed E-state index contributed by atoms with van der Waals surface area (Å²) in [5.41, 5.74) is 0.703. The number of aliphatic hydroxyl groups excluding tert-OH is 1. The third kappa shape index (κ3) is 3.95. The van der Waals surface area contributed by atoms with Crippen LogP contribution in [-0.4, -0.2) is 22.8 Å². The van der Waals surface area contributed by atoms with Crippen molar-refractivity contribution in [3.63, 3.8) is 0 Å². The fraction of sp³-hybridized carbons (Fsp3) is 0.533. The molecule has 5 heteroatoms. The molecule has 0 aliphatic rings. The highest BCUT2D eigenvalue weighted by atomic mass is 17.1. The summed E-state index contributed by atoms with van der Waals surface area (Å²) in [7, 11) is 0. The van der Waals surface area contributed by atoms with Crippen LogP contribution in [0.1, 0.15) is 48.7 Å². The predicted molar refractivity (Wildman–Crippen MR) is 73.0 cm³/mol. The van der Waals surface area contributed by atoms with E-state index in [2.05, 4.69) is 4.89 Å². The lowest BCUT2D eigenvalue weighted by Gasteiger charge is -2.27. The summed E-state index contributed by atoms with van der Waals surface area (Å²) in [5.74, 6) is -0.416. The fourth-order valence-electron chi connectivity index (χ4n) is 2.29. The van der Waals surface area contributed by atoms with Gasteiger partial charge < -0.3 is 14.7 Å². The number of carbonyl (C=O) groups is 1. The zero-order valence-corrected chi connectivity index (χ0v) is 12.5. The third-order valence-electron chi connectivity index (χ3n) is 3.07. The highest BCUT2D eigenvalue weighted by Gasteiger charge is 2.27. The van der Waals surface area contributed by atoms with Crippen molar-refractivity contribution in [3.05, 3.63) is 28.8 Å². The summed E-state index contributed by atoms with van der Waals surface area (Å²) < 4.78 is 5.44. The first-order chi connectivity index (χ1) is 9.18. The Kier molecular flexibility index (Phi) is 5.14. The summed E-state index contributed by atoms with van der Waals surface area (Å²) in [6.07, 6.45) is -0.245. The lowest BCUT2D eigenvalue weighted by atomic mass is 9.99. The summed E-state index contributed by atoms with van der Waals surface area (Å²) in [4.78, 5) is 16.3. The Morgan fingerprint density at radius 2 is 1.95 bits per heavy atom. The molecular weight excluding hydrogens is 260 g/mol. The Hall–Kier alpha value is -1.59. The molecule has 111 valence electrons. The van der Waals surface area contributed by atoms with Crippen LogP contribution in [0.5, 0.6) is 5.75 Å². The van der Waals surface area contributed by atoms with Gasteiger partial charge in [-0.25, -0.2) is 4.79 Å². The molecule has 1 unspecified atom stereocenters. The zero-order valence-electron chi connectivity index (χ0n) is 12.5. The van der Waals surface area contributed by atoms with E-state index in [4.69, 9.17) is 4.74 Å². The highest BCUT2D eigenvalue weighted by Crippen LogP contribution is 2.27. The normalized spacial score (nSPS) is 12.9. The number of aliphatic hydroxyl groups is 1. The number of aryl methyl sites for hydroxylation is 1. The van der Waals surface area contributed by atoms with Gasteiger partial charge in [-0.2, -0.15) is 0 Å². The Morgan fingerprint density at radius 3 is 2.45 bits per heavy atom. The number of rotatable bonds is 5. The van der Waals surface area contributed by atoms with Gasteiger partial charge in [0.1, 0.15) is 5.60 Å². The monoisotopic (exact) mass is 281 g/mol. The highest BCUT2D eigenvalue weighted by molar-refractivity contribution is 5.93. The van der Waals surface area contributed by atoms with E-state index in [1.165, 1.54) is 6.07 Å². The van der Waals surface area contributed by atoms with Crippen LogP contribution in [0, 0.1) is 13.8 Å². The molecule has 1 aromatic rings. The second kappa shape index (κ2) is 6.24. The van der Waals surface area contributed by atoms with E-state index in [0.29, 0.717) is 23.1 Å². The molecule has 1 radical (unpaired) electrons. The van der Waals surface area contributed by atoms with Crippen molar-refractivity contribution in [1.82, 2.24) is 0 Å². The van der Waals surface area contributed by atoms with Crippen LogP contribution in [0.2, 0.25) is 0 Å². The maximum Gasteiger partial charge on any atom is 0.339 e. The van der Waals surface area contributed by atoms with Gasteiger partial charge in [0.25, 0.3) is 0 Å². The van der Waals surface area contributed by atoms with Gasteiger partial charge in [0.15, 0.2) is 5.75 Å². The van der Waals surface area contributed by atoms with Crippen molar-refractivity contribution in [2.45, 2.75) is 52.7 Å². The average molecular weight is 281 g/mol. The minimum absolute atomic E-state index is 0.107. The van der Waals surface area contributed by atoms with Crippen LogP contribution < -0.4 is 4.89 Å². The van der Waals surface area contributed by atoms with Gasteiger partial charge in [-0.1, -0.05) is 6.07 Å². The number of esters is 1. The molecule has 0 bridgehead atoms. The Balaban J connectivity index is 3.04. The van der Waals surface area contributed by atoms with Crippen molar-refractivity contribution in [2.75, 3.05) is 0 Å². The predicted octanol–water partition coefficient (Wildman–Crippen LogP) is 2.73. The molecule has 1 N–H and O–H groups in total.